The first-order valence-electron chi connectivity index (χ1n) is 8.45. The van der Waals surface area contributed by atoms with Crippen molar-refractivity contribution >= 4 is 11.6 Å². The second kappa shape index (κ2) is 7.03. The van der Waals surface area contributed by atoms with Gasteiger partial charge in [0.05, 0.1) is 18.8 Å². The molecule has 0 radical (unpaired) electrons. The van der Waals surface area contributed by atoms with Crippen molar-refractivity contribution in [3.05, 3.63) is 24.3 Å². The minimum atomic E-state index is 0.210. The molecule has 1 fully saturated rings. The molecule has 0 saturated heterocycles. The molecule has 0 bridgehead atoms. The number of amides is 1. The van der Waals surface area contributed by atoms with E-state index < -0.39 is 0 Å². The van der Waals surface area contributed by atoms with Gasteiger partial charge >= 0.3 is 0 Å². The van der Waals surface area contributed by atoms with E-state index in [9.17, 15) is 4.79 Å². The normalized spacial score (nSPS) is 18.5. The van der Waals surface area contributed by atoms with E-state index in [1.807, 2.05) is 36.2 Å². The number of likely N-dealkylation sites (N-methyl/N-ethyl adjacent to an activating group) is 1. The van der Waals surface area contributed by atoms with Crippen LogP contribution in [-0.2, 0) is 4.79 Å². The van der Waals surface area contributed by atoms with E-state index >= 15 is 0 Å². The number of hydrogen-bond donors (Lipinski definition) is 0. The van der Waals surface area contributed by atoms with Crippen LogP contribution in [0.5, 0.6) is 5.75 Å². The Hall–Kier alpha value is -1.71. The highest BCUT2D eigenvalue weighted by atomic mass is 16.5. The van der Waals surface area contributed by atoms with Crippen molar-refractivity contribution in [1.82, 2.24) is 4.90 Å². The average Bonchev–Trinajstić information content (AvgIpc) is 2.56. The lowest BCUT2D eigenvalue weighted by Gasteiger charge is -2.33. The monoisotopic (exact) mass is 302 g/mol. The van der Waals surface area contributed by atoms with Crippen molar-refractivity contribution in [3.8, 4) is 5.75 Å². The number of rotatable bonds is 4. The van der Waals surface area contributed by atoms with E-state index in [1.54, 1.807) is 0 Å². The quantitative estimate of drug-likeness (QED) is 0.857. The largest absolute Gasteiger partial charge is 0.490 e. The zero-order valence-electron chi connectivity index (χ0n) is 13.5. The lowest BCUT2D eigenvalue weighted by molar-refractivity contribution is -0.129. The van der Waals surface area contributed by atoms with Crippen LogP contribution in [-0.4, -0.2) is 44.1 Å². The molecule has 0 aromatic heterocycles. The van der Waals surface area contributed by atoms with Gasteiger partial charge in [-0.2, -0.15) is 0 Å². The molecule has 120 valence electrons. The smallest absolute Gasteiger partial charge is 0.241 e. The molecule has 1 aromatic carbocycles. The molecule has 2 aliphatic rings. The van der Waals surface area contributed by atoms with Crippen molar-refractivity contribution < 1.29 is 9.53 Å². The van der Waals surface area contributed by atoms with Crippen LogP contribution in [0.4, 0.5) is 5.69 Å². The number of benzene rings is 1. The standard InChI is InChI=1S/C18H26N2O2/c1-19(13-15-7-3-2-4-8-15)18(21)14-20-11-12-22-17-10-6-5-9-16(17)20/h5-6,9-10,15H,2-4,7-8,11-14H2,1H3. The van der Waals surface area contributed by atoms with Gasteiger partial charge in [-0.1, -0.05) is 31.4 Å². The highest BCUT2D eigenvalue weighted by molar-refractivity contribution is 5.82. The van der Waals surface area contributed by atoms with Crippen LogP contribution in [0.2, 0.25) is 0 Å². The van der Waals surface area contributed by atoms with E-state index in [1.165, 1.54) is 32.1 Å². The Morgan fingerprint density at radius 3 is 2.86 bits per heavy atom. The van der Waals surface area contributed by atoms with Crippen LogP contribution in [0, 0.1) is 5.92 Å². The van der Waals surface area contributed by atoms with Crippen molar-refractivity contribution in [2.75, 3.05) is 38.2 Å². The van der Waals surface area contributed by atoms with Crippen molar-refractivity contribution in [2.45, 2.75) is 32.1 Å². The summed E-state index contributed by atoms with van der Waals surface area (Å²) >= 11 is 0. The molecule has 0 unspecified atom stereocenters. The van der Waals surface area contributed by atoms with Gasteiger partial charge in [0.25, 0.3) is 0 Å². The van der Waals surface area contributed by atoms with E-state index in [0.29, 0.717) is 19.1 Å². The first-order chi connectivity index (χ1) is 10.7. The lowest BCUT2D eigenvalue weighted by Crippen LogP contribution is -2.43. The Labute approximate surface area is 133 Å². The van der Waals surface area contributed by atoms with Crippen molar-refractivity contribution in [1.29, 1.82) is 0 Å². The van der Waals surface area contributed by atoms with Crippen molar-refractivity contribution in [3.63, 3.8) is 0 Å². The fourth-order valence-electron chi connectivity index (χ4n) is 3.53. The Morgan fingerprint density at radius 1 is 1.27 bits per heavy atom. The van der Waals surface area contributed by atoms with E-state index in [0.717, 1.165) is 24.5 Å². The molecule has 1 aromatic rings. The van der Waals surface area contributed by atoms with Crippen LogP contribution in [0.15, 0.2) is 24.3 Å². The van der Waals surface area contributed by atoms with Gasteiger partial charge in [-0.25, -0.2) is 0 Å². The SMILES string of the molecule is CN(CC1CCCCC1)C(=O)CN1CCOc2ccccc21. The van der Waals surface area contributed by atoms with Crippen molar-refractivity contribution in [2.24, 2.45) is 5.92 Å². The molecule has 0 spiro atoms. The topological polar surface area (TPSA) is 32.8 Å². The molecular weight excluding hydrogens is 276 g/mol. The fraction of sp³-hybridized carbons (Fsp3) is 0.611. The Morgan fingerprint density at radius 2 is 2.05 bits per heavy atom. The third kappa shape index (κ3) is 3.54. The first-order valence-corrected chi connectivity index (χ1v) is 8.45. The van der Waals surface area contributed by atoms with E-state index in [4.69, 9.17) is 4.74 Å². The van der Waals surface area contributed by atoms with Crippen LogP contribution in [0.25, 0.3) is 0 Å². The van der Waals surface area contributed by atoms with Gasteiger partial charge in [0.2, 0.25) is 5.91 Å². The molecule has 22 heavy (non-hydrogen) atoms. The van der Waals surface area contributed by atoms with Gasteiger partial charge in [0, 0.05) is 13.6 Å². The number of hydrogen-bond acceptors (Lipinski definition) is 3. The van der Waals surface area contributed by atoms with Gasteiger partial charge in [-0.05, 0) is 30.9 Å². The van der Waals surface area contributed by atoms with Gasteiger partial charge in [0.15, 0.2) is 0 Å². The molecule has 4 nitrogen and oxygen atoms in total. The number of ether oxygens (including phenoxy) is 1. The molecule has 0 atom stereocenters. The van der Waals surface area contributed by atoms with Gasteiger partial charge in [0.1, 0.15) is 12.4 Å². The Balaban J connectivity index is 1.57. The predicted octanol–water partition coefficient (Wildman–Crippen LogP) is 2.92. The lowest BCUT2D eigenvalue weighted by atomic mass is 9.89. The number of nitrogens with zero attached hydrogens (tertiary/aromatic N) is 2. The minimum absolute atomic E-state index is 0.210. The summed E-state index contributed by atoms with van der Waals surface area (Å²) in [5.74, 6) is 1.79. The maximum atomic E-state index is 12.5. The predicted molar refractivity (Wildman–Crippen MR) is 88.4 cm³/mol. The summed E-state index contributed by atoms with van der Waals surface area (Å²) in [7, 11) is 1.95. The number of carbonyl (C=O) groups is 1. The molecule has 0 N–H and O–H groups in total. The fourth-order valence-corrected chi connectivity index (χ4v) is 3.53. The van der Waals surface area contributed by atoms with Gasteiger partial charge in [-0.15, -0.1) is 0 Å². The molecule has 1 aliphatic carbocycles. The summed E-state index contributed by atoms with van der Waals surface area (Å²) in [5, 5.41) is 0. The van der Waals surface area contributed by atoms with Gasteiger partial charge < -0.3 is 14.5 Å². The minimum Gasteiger partial charge on any atom is -0.490 e. The molecule has 1 amide bonds. The summed E-state index contributed by atoms with van der Waals surface area (Å²) in [6.07, 6.45) is 6.56. The second-order valence-electron chi connectivity index (χ2n) is 6.52. The summed E-state index contributed by atoms with van der Waals surface area (Å²) in [4.78, 5) is 16.6. The summed E-state index contributed by atoms with van der Waals surface area (Å²) in [6.45, 7) is 2.78. The number of carbonyl (C=O) groups excluding carboxylic acids is 1. The summed E-state index contributed by atoms with van der Waals surface area (Å²) < 4.78 is 5.65. The zero-order valence-corrected chi connectivity index (χ0v) is 13.5. The zero-order chi connectivity index (χ0) is 15.4. The molecule has 1 saturated carbocycles. The Bertz CT molecular complexity index is 512. The molecule has 4 heteroatoms. The second-order valence-corrected chi connectivity index (χ2v) is 6.52. The third-order valence-electron chi connectivity index (χ3n) is 4.83. The number of anilines is 1. The molecular formula is C18H26N2O2. The summed E-state index contributed by atoms with van der Waals surface area (Å²) in [5.41, 5.74) is 1.04. The third-order valence-corrected chi connectivity index (χ3v) is 4.83. The molecule has 1 aliphatic heterocycles. The van der Waals surface area contributed by atoms with E-state index in [-0.39, 0.29) is 5.91 Å². The highest BCUT2D eigenvalue weighted by Gasteiger charge is 2.23. The Kier molecular flexibility index (Phi) is 4.86. The number of para-hydroxylation sites is 2. The van der Waals surface area contributed by atoms with Crippen LogP contribution >= 0.6 is 0 Å². The van der Waals surface area contributed by atoms with Crippen LogP contribution in [0.1, 0.15) is 32.1 Å². The first kappa shape index (κ1) is 15.2. The highest BCUT2D eigenvalue weighted by Crippen LogP contribution is 2.30. The maximum absolute atomic E-state index is 12.5. The van der Waals surface area contributed by atoms with Crippen LogP contribution in [0.3, 0.4) is 0 Å². The van der Waals surface area contributed by atoms with Crippen LogP contribution < -0.4 is 9.64 Å². The average molecular weight is 302 g/mol. The molecule has 3 rings (SSSR count). The molecule has 1 heterocycles. The maximum Gasteiger partial charge on any atom is 0.241 e. The number of fused-ring (bicyclic) bond motifs is 1. The summed E-state index contributed by atoms with van der Waals surface area (Å²) in [6, 6.07) is 7.97. The van der Waals surface area contributed by atoms with E-state index in [2.05, 4.69) is 4.90 Å². The van der Waals surface area contributed by atoms with Gasteiger partial charge in [-0.3, -0.25) is 4.79 Å².